The van der Waals surface area contributed by atoms with Crippen LogP contribution in [-0.2, 0) is 10.0 Å². The number of halogens is 2. The molecular formula is C11H15Cl2NO2S. The Morgan fingerprint density at radius 1 is 1.18 bits per heavy atom. The van der Waals surface area contributed by atoms with Crippen molar-refractivity contribution in [3.8, 4) is 0 Å². The topological polar surface area (TPSA) is 46.2 Å². The second-order valence-electron chi connectivity index (χ2n) is 3.71. The van der Waals surface area contributed by atoms with Crippen LogP contribution in [0.25, 0.3) is 0 Å². The van der Waals surface area contributed by atoms with E-state index in [1.165, 1.54) is 18.2 Å². The van der Waals surface area contributed by atoms with E-state index in [2.05, 4.69) is 4.72 Å². The van der Waals surface area contributed by atoms with Gasteiger partial charge in [-0.1, -0.05) is 37.0 Å². The van der Waals surface area contributed by atoms with Crippen LogP contribution in [0.1, 0.15) is 26.7 Å². The molecule has 1 N–H and O–H groups in total. The monoisotopic (exact) mass is 295 g/mol. The van der Waals surface area contributed by atoms with Crippen molar-refractivity contribution in [2.45, 2.75) is 37.6 Å². The predicted molar refractivity (Wildman–Crippen MR) is 71.2 cm³/mol. The van der Waals surface area contributed by atoms with Crippen molar-refractivity contribution in [3.05, 3.63) is 28.2 Å². The van der Waals surface area contributed by atoms with Crippen molar-refractivity contribution >= 4 is 33.2 Å². The number of hydrogen-bond acceptors (Lipinski definition) is 2. The molecule has 0 bridgehead atoms. The van der Waals surface area contributed by atoms with Gasteiger partial charge in [-0.25, -0.2) is 13.1 Å². The maximum Gasteiger partial charge on any atom is 0.240 e. The van der Waals surface area contributed by atoms with Gasteiger partial charge in [0.1, 0.15) is 0 Å². The molecular weight excluding hydrogens is 281 g/mol. The van der Waals surface area contributed by atoms with Crippen LogP contribution in [0.15, 0.2) is 23.1 Å². The molecule has 0 unspecified atom stereocenters. The molecule has 1 aromatic rings. The summed E-state index contributed by atoms with van der Waals surface area (Å²) >= 11 is 11.5. The van der Waals surface area contributed by atoms with Gasteiger partial charge in [-0.15, -0.1) is 0 Å². The molecule has 0 heterocycles. The van der Waals surface area contributed by atoms with E-state index in [1.807, 2.05) is 13.8 Å². The number of hydrogen-bond donors (Lipinski definition) is 1. The standard InChI is InChI=1S/C11H15Cl2NO2S/c1-3-8(4-2)14-17(15,16)9-5-6-10(12)11(13)7-9/h5-8,14H,3-4H2,1-2H3. The Hall–Kier alpha value is -0.290. The highest BCUT2D eigenvalue weighted by Crippen LogP contribution is 2.24. The SMILES string of the molecule is CCC(CC)NS(=O)(=O)c1ccc(Cl)c(Cl)c1. The van der Waals surface area contributed by atoms with Crippen LogP contribution in [0.2, 0.25) is 10.0 Å². The summed E-state index contributed by atoms with van der Waals surface area (Å²) in [7, 11) is -3.52. The first kappa shape index (κ1) is 14.8. The zero-order valence-corrected chi connectivity index (χ0v) is 12.0. The van der Waals surface area contributed by atoms with Crippen molar-refractivity contribution in [1.82, 2.24) is 4.72 Å². The van der Waals surface area contributed by atoms with E-state index in [1.54, 1.807) is 0 Å². The summed E-state index contributed by atoms with van der Waals surface area (Å²) in [5, 5.41) is 0.576. The Morgan fingerprint density at radius 2 is 1.76 bits per heavy atom. The lowest BCUT2D eigenvalue weighted by Gasteiger charge is -2.15. The summed E-state index contributed by atoms with van der Waals surface area (Å²) in [6, 6.07) is 4.22. The molecule has 0 radical (unpaired) electrons. The summed E-state index contributed by atoms with van der Waals surface area (Å²) < 4.78 is 26.6. The Kier molecular flexibility index (Phi) is 5.25. The third-order valence-corrected chi connectivity index (χ3v) is 4.77. The third-order valence-electron chi connectivity index (χ3n) is 2.51. The minimum absolute atomic E-state index is 0.0607. The molecule has 0 fully saturated rings. The molecule has 3 nitrogen and oxygen atoms in total. The fraction of sp³-hybridized carbons (Fsp3) is 0.455. The van der Waals surface area contributed by atoms with Crippen LogP contribution in [0, 0.1) is 0 Å². The van der Waals surface area contributed by atoms with Gasteiger partial charge in [0.2, 0.25) is 10.0 Å². The fourth-order valence-electron chi connectivity index (χ4n) is 1.39. The Balaban J connectivity index is 3.01. The average Bonchev–Trinajstić information content (AvgIpc) is 2.29. The van der Waals surface area contributed by atoms with Gasteiger partial charge in [0.25, 0.3) is 0 Å². The first-order valence-corrected chi connectivity index (χ1v) is 7.62. The minimum atomic E-state index is -3.52. The molecule has 17 heavy (non-hydrogen) atoms. The molecule has 96 valence electrons. The van der Waals surface area contributed by atoms with Gasteiger partial charge in [-0.2, -0.15) is 0 Å². The number of sulfonamides is 1. The summed E-state index contributed by atoms with van der Waals surface area (Å²) in [5.74, 6) is 0. The van der Waals surface area contributed by atoms with Crippen LogP contribution >= 0.6 is 23.2 Å². The molecule has 0 aliphatic carbocycles. The van der Waals surface area contributed by atoms with Gasteiger partial charge < -0.3 is 0 Å². The molecule has 0 saturated carbocycles. The molecule has 0 spiro atoms. The Bertz CT molecular complexity index is 484. The van der Waals surface area contributed by atoms with E-state index in [0.717, 1.165) is 12.8 Å². The van der Waals surface area contributed by atoms with E-state index < -0.39 is 10.0 Å². The number of nitrogens with one attached hydrogen (secondary N) is 1. The molecule has 0 aromatic heterocycles. The van der Waals surface area contributed by atoms with Gasteiger partial charge in [-0.05, 0) is 31.0 Å². The first-order chi connectivity index (χ1) is 7.90. The Labute approximate surface area is 112 Å². The molecule has 0 atom stereocenters. The van der Waals surface area contributed by atoms with Crippen LogP contribution in [0.4, 0.5) is 0 Å². The van der Waals surface area contributed by atoms with Crippen molar-refractivity contribution < 1.29 is 8.42 Å². The largest absolute Gasteiger partial charge is 0.240 e. The summed E-state index contributed by atoms with van der Waals surface area (Å²) in [5.41, 5.74) is 0. The number of rotatable bonds is 5. The maximum absolute atomic E-state index is 12.0. The van der Waals surface area contributed by atoms with E-state index in [0.29, 0.717) is 5.02 Å². The van der Waals surface area contributed by atoms with Gasteiger partial charge >= 0.3 is 0 Å². The molecule has 0 aliphatic rings. The van der Waals surface area contributed by atoms with Gasteiger partial charge in [0.05, 0.1) is 14.9 Å². The molecule has 0 saturated heterocycles. The smallest absolute Gasteiger partial charge is 0.208 e. The maximum atomic E-state index is 12.0. The lowest BCUT2D eigenvalue weighted by molar-refractivity contribution is 0.530. The molecule has 0 aliphatic heterocycles. The van der Waals surface area contributed by atoms with E-state index in [9.17, 15) is 8.42 Å². The number of benzene rings is 1. The molecule has 0 amide bonds. The fourth-order valence-corrected chi connectivity index (χ4v) is 3.18. The summed E-state index contributed by atoms with van der Waals surface area (Å²) in [6.07, 6.45) is 1.49. The lowest BCUT2D eigenvalue weighted by atomic mass is 10.2. The summed E-state index contributed by atoms with van der Waals surface area (Å²) in [6.45, 7) is 3.87. The highest BCUT2D eigenvalue weighted by molar-refractivity contribution is 7.89. The minimum Gasteiger partial charge on any atom is -0.208 e. The van der Waals surface area contributed by atoms with Crippen LogP contribution in [0.3, 0.4) is 0 Å². The normalized spacial score (nSPS) is 12.1. The third kappa shape index (κ3) is 3.85. The van der Waals surface area contributed by atoms with Crippen LogP contribution < -0.4 is 4.72 Å². The second kappa shape index (κ2) is 6.05. The molecule has 6 heteroatoms. The van der Waals surface area contributed by atoms with Crippen molar-refractivity contribution in [1.29, 1.82) is 0 Å². The highest BCUT2D eigenvalue weighted by Gasteiger charge is 2.18. The lowest BCUT2D eigenvalue weighted by Crippen LogP contribution is -2.33. The average molecular weight is 296 g/mol. The molecule has 1 aromatic carbocycles. The van der Waals surface area contributed by atoms with Crippen molar-refractivity contribution in [2.75, 3.05) is 0 Å². The highest BCUT2D eigenvalue weighted by atomic mass is 35.5. The van der Waals surface area contributed by atoms with Crippen molar-refractivity contribution in [3.63, 3.8) is 0 Å². The summed E-state index contributed by atoms with van der Waals surface area (Å²) in [4.78, 5) is 0.138. The van der Waals surface area contributed by atoms with Gasteiger partial charge in [0.15, 0.2) is 0 Å². The van der Waals surface area contributed by atoms with E-state index in [4.69, 9.17) is 23.2 Å². The van der Waals surface area contributed by atoms with Crippen molar-refractivity contribution in [2.24, 2.45) is 0 Å². The zero-order chi connectivity index (χ0) is 13.1. The predicted octanol–water partition coefficient (Wildman–Crippen LogP) is 3.46. The quantitative estimate of drug-likeness (QED) is 0.904. The molecule has 1 rings (SSSR count). The Morgan fingerprint density at radius 3 is 2.24 bits per heavy atom. The van der Waals surface area contributed by atoms with Crippen LogP contribution in [0.5, 0.6) is 0 Å². The van der Waals surface area contributed by atoms with Gasteiger partial charge in [0, 0.05) is 6.04 Å². The van der Waals surface area contributed by atoms with Gasteiger partial charge in [-0.3, -0.25) is 0 Å². The van der Waals surface area contributed by atoms with E-state index >= 15 is 0 Å². The first-order valence-electron chi connectivity index (χ1n) is 5.38. The van der Waals surface area contributed by atoms with Crippen LogP contribution in [-0.4, -0.2) is 14.5 Å². The second-order valence-corrected chi connectivity index (χ2v) is 6.24. The zero-order valence-electron chi connectivity index (χ0n) is 9.70. The van der Waals surface area contributed by atoms with E-state index in [-0.39, 0.29) is 16.0 Å².